The maximum atomic E-state index is 12.6. The van der Waals surface area contributed by atoms with E-state index in [0.717, 1.165) is 28.2 Å². The van der Waals surface area contributed by atoms with E-state index in [4.69, 9.17) is 0 Å². The van der Waals surface area contributed by atoms with E-state index in [1.54, 1.807) is 28.9 Å². The van der Waals surface area contributed by atoms with Gasteiger partial charge in [0.25, 0.3) is 0 Å². The van der Waals surface area contributed by atoms with Gasteiger partial charge in [0.1, 0.15) is 10.6 Å². The third kappa shape index (κ3) is 2.84. The van der Waals surface area contributed by atoms with Crippen LogP contribution in [0.2, 0.25) is 0 Å². The Morgan fingerprint density at radius 1 is 1.20 bits per heavy atom. The first-order valence-electron chi connectivity index (χ1n) is 9.68. The van der Waals surface area contributed by atoms with Crippen molar-refractivity contribution in [1.82, 2.24) is 9.55 Å². The minimum absolute atomic E-state index is 0.0368. The van der Waals surface area contributed by atoms with E-state index < -0.39 is 11.4 Å². The fraction of sp³-hybridized carbons (Fsp3) is 0.261. The van der Waals surface area contributed by atoms with Gasteiger partial charge in [0, 0.05) is 51.1 Å². The Balaban J connectivity index is 1.88. The summed E-state index contributed by atoms with van der Waals surface area (Å²) in [5, 5.41) is 15.7. The van der Waals surface area contributed by atoms with E-state index in [1.165, 1.54) is 27.9 Å². The van der Waals surface area contributed by atoms with E-state index in [-0.39, 0.29) is 17.0 Å². The maximum absolute atomic E-state index is 12.6. The van der Waals surface area contributed by atoms with E-state index >= 15 is 0 Å². The molecule has 152 valence electrons. The zero-order valence-corrected chi connectivity index (χ0v) is 18.4. The fourth-order valence-corrected chi connectivity index (χ4v) is 6.00. The van der Waals surface area contributed by atoms with Gasteiger partial charge in [0.2, 0.25) is 0 Å². The molecule has 1 aromatic carbocycles. The van der Waals surface area contributed by atoms with Crippen LogP contribution in [0.3, 0.4) is 0 Å². The van der Waals surface area contributed by atoms with Gasteiger partial charge < -0.3 is 9.67 Å². The van der Waals surface area contributed by atoms with Crippen LogP contribution in [-0.4, -0.2) is 20.6 Å². The number of carboxylic acids is 1. The lowest BCUT2D eigenvalue weighted by molar-refractivity contribution is 0.0693. The number of carbonyl (C=O) groups is 1. The van der Waals surface area contributed by atoms with Gasteiger partial charge in [-0.25, -0.2) is 9.78 Å². The van der Waals surface area contributed by atoms with Gasteiger partial charge in [-0.2, -0.15) is 0 Å². The number of carboxylic acid groups (broad SMARTS) is 1. The highest BCUT2D eigenvalue weighted by Crippen LogP contribution is 2.48. The summed E-state index contributed by atoms with van der Waals surface area (Å²) < 4.78 is 3.21. The van der Waals surface area contributed by atoms with Crippen molar-refractivity contribution in [2.24, 2.45) is 5.41 Å². The standard InChI is InChI=1S/C23H20N2O3S2/c1-23(2,3)19-9-14-13(17-10-18(26)16(22(27)28)11-25(17)19)8-15(21-24-5-7-30-21)12-4-6-29-20(12)14/h4-8,10-11,19H,9H2,1-3H3,(H,27,28)/t19-/m0/s1. The Bertz CT molecular complexity index is 1360. The molecule has 0 spiro atoms. The van der Waals surface area contributed by atoms with Gasteiger partial charge in [0.15, 0.2) is 5.43 Å². The number of thiophene rings is 1. The first-order chi connectivity index (χ1) is 14.3. The molecule has 0 fully saturated rings. The van der Waals surface area contributed by atoms with Gasteiger partial charge in [-0.1, -0.05) is 20.8 Å². The second kappa shape index (κ2) is 6.62. The number of thiazole rings is 1. The summed E-state index contributed by atoms with van der Waals surface area (Å²) in [4.78, 5) is 28.8. The molecule has 30 heavy (non-hydrogen) atoms. The topological polar surface area (TPSA) is 72.2 Å². The van der Waals surface area contributed by atoms with Crippen molar-refractivity contribution in [3.8, 4) is 21.8 Å². The van der Waals surface area contributed by atoms with Gasteiger partial charge in [-0.15, -0.1) is 22.7 Å². The van der Waals surface area contributed by atoms with Gasteiger partial charge >= 0.3 is 5.97 Å². The number of benzene rings is 1. The number of aromatic carboxylic acids is 1. The number of pyridine rings is 1. The number of rotatable bonds is 2. The molecule has 1 aliphatic heterocycles. The van der Waals surface area contributed by atoms with Gasteiger partial charge in [-0.05, 0) is 34.9 Å². The fourth-order valence-electron chi connectivity index (χ4n) is 4.35. The second-order valence-corrected chi connectivity index (χ2v) is 10.5. The lowest BCUT2D eigenvalue weighted by Crippen LogP contribution is -2.32. The molecule has 0 saturated heterocycles. The maximum Gasteiger partial charge on any atom is 0.341 e. The summed E-state index contributed by atoms with van der Waals surface area (Å²) in [6, 6.07) is 5.78. The minimum atomic E-state index is -1.19. The van der Waals surface area contributed by atoms with Crippen molar-refractivity contribution >= 4 is 38.7 Å². The van der Waals surface area contributed by atoms with Crippen molar-refractivity contribution in [3.05, 3.63) is 62.7 Å². The third-order valence-electron chi connectivity index (χ3n) is 5.82. The number of hydrogen-bond donors (Lipinski definition) is 1. The van der Waals surface area contributed by atoms with Crippen LogP contribution in [0.25, 0.3) is 31.9 Å². The average Bonchev–Trinajstić information content (AvgIpc) is 3.37. The normalized spacial score (nSPS) is 15.8. The predicted molar refractivity (Wildman–Crippen MR) is 122 cm³/mol. The van der Waals surface area contributed by atoms with E-state index in [2.05, 4.69) is 43.3 Å². The first kappa shape index (κ1) is 19.2. The van der Waals surface area contributed by atoms with Gasteiger partial charge in [-0.3, -0.25) is 4.79 Å². The van der Waals surface area contributed by atoms with Gasteiger partial charge in [0.05, 0.1) is 5.69 Å². The molecule has 0 saturated carbocycles. The van der Waals surface area contributed by atoms with Crippen LogP contribution >= 0.6 is 22.7 Å². The molecule has 3 aromatic heterocycles. The molecular formula is C23H20N2O3S2. The van der Waals surface area contributed by atoms with Crippen molar-refractivity contribution in [3.63, 3.8) is 0 Å². The molecular weight excluding hydrogens is 416 g/mol. The SMILES string of the molecule is CC(C)(C)[C@@H]1Cc2c(cc(-c3nccs3)c3ccsc23)-c2cc(=O)c(C(=O)O)cn21. The summed E-state index contributed by atoms with van der Waals surface area (Å²) >= 11 is 3.30. The quantitative estimate of drug-likeness (QED) is 0.438. The third-order valence-corrected chi connectivity index (χ3v) is 7.61. The highest BCUT2D eigenvalue weighted by molar-refractivity contribution is 7.17. The molecule has 4 aromatic rings. The van der Waals surface area contributed by atoms with E-state index in [0.29, 0.717) is 0 Å². The minimum Gasteiger partial charge on any atom is -0.477 e. The molecule has 1 atom stereocenters. The van der Waals surface area contributed by atoms with Crippen LogP contribution in [0.4, 0.5) is 0 Å². The van der Waals surface area contributed by atoms with Crippen LogP contribution in [0.5, 0.6) is 0 Å². The second-order valence-electron chi connectivity index (χ2n) is 8.69. The van der Waals surface area contributed by atoms with Crippen molar-refractivity contribution in [2.75, 3.05) is 0 Å². The van der Waals surface area contributed by atoms with E-state index in [9.17, 15) is 14.7 Å². The van der Waals surface area contributed by atoms with Crippen LogP contribution in [-0.2, 0) is 6.42 Å². The molecule has 0 unspecified atom stereocenters. The summed E-state index contributed by atoms with van der Waals surface area (Å²) in [5.41, 5.74) is 3.28. The Hall–Kier alpha value is -2.77. The van der Waals surface area contributed by atoms with Crippen molar-refractivity contribution < 1.29 is 9.90 Å². The molecule has 0 amide bonds. The van der Waals surface area contributed by atoms with E-state index in [1.807, 2.05) is 9.95 Å². The molecule has 0 radical (unpaired) electrons. The number of fused-ring (bicyclic) bond motifs is 5. The van der Waals surface area contributed by atoms with Crippen LogP contribution < -0.4 is 5.43 Å². The Kier molecular flexibility index (Phi) is 4.24. The molecule has 5 rings (SSSR count). The lowest BCUT2D eigenvalue weighted by atomic mass is 9.78. The summed E-state index contributed by atoms with van der Waals surface area (Å²) in [6.45, 7) is 6.46. The number of aromatic nitrogens is 2. The Morgan fingerprint density at radius 2 is 2.00 bits per heavy atom. The monoisotopic (exact) mass is 436 g/mol. The highest BCUT2D eigenvalue weighted by Gasteiger charge is 2.35. The summed E-state index contributed by atoms with van der Waals surface area (Å²) in [6.07, 6.45) is 4.11. The lowest BCUT2D eigenvalue weighted by Gasteiger charge is -2.39. The zero-order chi connectivity index (χ0) is 21.2. The molecule has 7 heteroatoms. The zero-order valence-electron chi connectivity index (χ0n) is 16.8. The Morgan fingerprint density at radius 3 is 2.67 bits per heavy atom. The summed E-state index contributed by atoms with van der Waals surface area (Å²) in [7, 11) is 0. The summed E-state index contributed by atoms with van der Waals surface area (Å²) in [5.74, 6) is -1.19. The largest absolute Gasteiger partial charge is 0.477 e. The van der Waals surface area contributed by atoms with Crippen LogP contribution in [0.1, 0.15) is 42.7 Å². The molecule has 4 heterocycles. The van der Waals surface area contributed by atoms with Crippen LogP contribution in [0, 0.1) is 5.41 Å². The van der Waals surface area contributed by atoms with Crippen molar-refractivity contribution in [1.29, 1.82) is 0 Å². The molecule has 1 aliphatic rings. The average molecular weight is 437 g/mol. The molecule has 0 aliphatic carbocycles. The predicted octanol–water partition coefficient (Wildman–Crippen LogP) is 5.70. The highest BCUT2D eigenvalue weighted by atomic mass is 32.1. The Labute approximate surface area is 181 Å². The first-order valence-corrected chi connectivity index (χ1v) is 11.4. The molecule has 5 nitrogen and oxygen atoms in total. The number of hydrogen-bond acceptors (Lipinski definition) is 5. The smallest absolute Gasteiger partial charge is 0.341 e. The number of nitrogens with zero attached hydrogens (tertiary/aromatic N) is 2. The van der Waals surface area contributed by atoms with Crippen molar-refractivity contribution in [2.45, 2.75) is 33.2 Å². The molecule has 1 N–H and O–H groups in total. The molecule has 0 bridgehead atoms. The van der Waals surface area contributed by atoms with Crippen LogP contribution in [0.15, 0.2) is 46.1 Å².